The Morgan fingerprint density at radius 1 is 1.48 bits per heavy atom. The Balaban J connectivity index is 1.82. The maximum absolute atomic E-state index is 11.8. The lowest BCUT2D eigenvalue weighted by molar-refractivity contribution is -0.120. The summed E-state index contributed by atoms with van der Waals surface area (Å²) in [6.07, 6.45) is 5.58. The number of carbonyl (C=O) groups excluding carboxylic acids is 2. The van der Waals surface area contributed by atoms with E-state index in [1.54, 1.807) is 0 Å². The van der Waals surface area contributed by atoms with Crippen molar-refractivity contribution in [1.29, 1.82) is 5.26 Å². The minimum Gasteiger partial charge on any atom is -0.335 e. The average molecular weight is 290 g/mol. The van der Waals surface area contributed by atoms with E-state index in [1.807, 2.05) is 6.07 Å². The van der Waals surface area contributed by atoms with E-state index in [2.05, 4.69) is 27.8 Å². The maximum Gasteiger partial charge on any atom is 0.321 e. The largest absolute Gasteiger partial charge is 0.335 e. The van der Waals surface area contributed by atoms with Gasteiger partial charge in [0.05, 0.1) is 0 Å². The molecule has 0 radical (unpaired) electrons. The van der Waals surface area contributed by atoms with Crippen LogP contribution in [0, 0.1) is 17.2 Å². The van der Waals surface area contributed by atoms with Gasteiger partial charge < -0.3 is 5.32 Å². The molecule has 112 valence electrons. The van der Waals surface area contributed by atoms with Gasteiger partial charge in [-0.1, -0.05) is 19.8 Å². The predicted molar refractivity (Wildman–Crippen MR) is 72.8 cm³/mol. The summed E-state index contributed by atoms with van der Waals surface area (Å²) < 4.78 is 1.28. The first-order valence-electron chi connectivity index (χ1n) is 6.98. The average Bonchev–Trinajstić information content (AvgIpc) is 2.88. The number of carbonyl (C=O) groups is 2. The molecule has 2 N–H and O–H groups in total. The van der Waals surface area contributed by atoms with E-state index in [4.69, 9.17) is 5.26 Å². The van der Waals surface area contributed by atoms with Gasteiger partial charge in [-0.2, -0.15) is 5.26 Å². The zero-order valence-electron chi connectivity index (χ0n) is 11.9. The summed E-state index contributed by atoms with van der Waals surface area (Å²) in [6.45, 7) is 1.94. The van der Waals surface area contributed by atoms with Crippen molar-refractivity contribution in [1.82, 2.24) is 25.4 Å². The van der Waals surface area contributed by atoms with Crippen molar-refractivity contribution in [2.45, 2.75) is 45.2 Å². The van der Waals surface area contributed by atoms with Gasteiger partial charge in [-0.15, -0.1) is 10.2 Å². The lowest BCUT2D eigenvalue weighted by Crippen LogP contribution is -2.48. The van der Waals surface area contributed by atoms with Crippen molar-refractivity contribution in [3.8, 4) is 6.07 Å². The van der Waals surface area contributed by atoms with E-state index in [1.165, 1.54) is 17.3 Å². The fourth-order valence-electron chi connectivity index (χ4n) is 2.51. The summed E-state index contributed by atoms with van der Waals surface area (Å²) in [5, 5.41) is 20.9. The molecular weight excluding hydrogens is 272 g/mol. The topological polar surface area (TPSA) is 113 Å². The molecule has 3 amide bonds. The molecule has 1 aromatic heterocycles. The van der Waals surface area contributed by atoms with E-state index in [0.717, 1.165) is 19.3 Å². The van der Waals surface area contributed by atoms with Gasteiger partial charge in [0.1, 0.15) is 18.9 Å². The van der Waals surface area contributed by atoms with Crippen LogP contribution in [0.4, 0.5) is 4.79 Å². The standard InChI is InChI=1S/C13H18N6O2/c1-9-4-2-3-5-10(9)16-13(21)17-12(20)7-19-8-15-18-11(19)6-14/h8-10H,2-5,7H2,1H3,(H2,16,17,20,21). The Kier molecular flexibility index (Phi) is 4.87. The molecule has 1 aliphatic rings. The minimum atomic E-state index is -0.507. The van der Waals surface area contributed by atoms with Gasteiger partial charge in [0.2, 0.25) is 11.7 Å². The van der Waals surface area contributed by atoms with Crippen LogP contribution in [0.15, 0.2) is 6.33 Å². The molecular formula is C13H18N6O2. The number of nitrogens with zero attached hydrogens (tertiary/aromatic N) is 4. The van der Waals surface area contributed by atoms with Crippen molar-refractivity contribution in [3.05, 3.63) is 12.2 Å². The van der Waals surface area contributed by atoms with E-state index >= 15 is 0 Å². The van der Waals surface area contributed by atoms with Crippen LogP contribution in [0.1, 0.15) is 38.4 Å². The SMILES string of the molecule is CC1CCCCC1NC(=O)NC(=O)Cn1cnnc1C#N. The highest BCUT2D eigenvalue weighted by molar-refractivity contribution is 5.94. The number of urea groups is 1. The molecule has 0 saturated heterocycles. The minimum absolute atomic E-state index is 0.0338. The Morgan fingerprint density at radius 2 is 2.24 bits per heavy atom. The lowest BCUT2D eigenvalue weighted by atomic mass is 9.86. The molecule has 1 heterocycles. The third-order valence-corrected chi connectivity index (χ3v) is 3.71. The zero-order valence-corrected chi connectivity index (χ0v) is 11.9. The summed E-state index contributed by atoms with van der Waals surface area (Å²) in [4.78, 5) is 23.6. The highest BCUT2D eigenvalue weighted by Crippen LogP contribution is 2.23. The molecule has 8 nitrogen and oxygen atoms in total. The summed E-state index contributed by atoms with van der Waals surface area (Å²) in [6, 6.07) is 1.43. The first-order chi connectivity index (χ1) is 10.1. The van der Waals surface area contributed by atoms with Crippen LogP contribution in [0.3, 0.4) is 0 Å². The maximum atomic E-state index is 11.8. The van der Waals surface area contributed by atoms with Crippen molar-refractivity contribution >= 4 is 11.9 Å². The fraction of sp³-hybridized carbons (Fsp3) is 0.615. The second-order valence-corrected chi connectivity index (χ2v) is 5.28. The van der Waals surface area contributed by atoms with Gasteiger partial charge in [0.25, 0.3) is 0 Å². The Hall–Kier alpha value is -2.43. The third kappa shape index (κ3) is 4.02. The van der Waals surface area contributed by atoms with Gasteiger partial charge in [0, 0.05) is 6.04 Å². The molecule has 1 fully saturated rings. The number of aromatic nitrogens is 3. The van der Waals surface area contributed by atoms with Crippen LogP contribution in [0.2, 0.25) is 0 Å². The molecule has 2 atom stereocenters. The number of amides is 3. The summed E-state index contributed by atoms with van der Waals surface area (Å²) >= 11 is 0. The first kappa shape index (κ1) is 15.0. The second kappa shape index (κ2) is 6.83. The molecule has 8 heteroatoms. The van der Waals surface area contributed by atoms with Crippen molar-refractivity contribution in [3.63, 3.8) is 0 Å². The molecule has 0 aromatic carbocycles. The van der Waals surface area contributed by atoms with Gasteiger partial charge in [-0.05, 0) is 18.8 Å². The highest BCUT2D eigenvalue weighted by Gasteiger charge is 2.23. The summed E-state index contributed by atoms with van der Waals surface area (Å²) in [5.41, 5.74) is 0. The number of rotatable bonds is 3. The van der Waals surface area contributed by atoms with E-state index in [-0.39, 0.29) is 18.4 Å². The van der Waals surface area contributed by atoms with Gasteiger partial charge in [-0.25, -0.2) is 4.79 Å². The van der Waals surface area contributed by atoms with Crippen molar-refractivity contribution in [2.24, 2.45) is 5.92 Å². The van der Waals surface area contributed by atoms with E-state index in [9.17, 15) is 9.59 Å². The quantitative estimate of drug-likeness (QED) is 0.844. The van der Waals surface area contributed by atoms with Crippen LogP contribution in [-0.4, -0.2) is 32.7 Å². The summed E-state index contributed by atoms with van der Waals surface area (Å²) in [5.74, 6) is -0.0543. The second-order valence-electron chi connectivity index (χ2n) is 5.28. The molecule has 0 aliphatic heterocycles. The Labute approximate surface area is 122 Å². The number of nitriles is 1. The molecule has 21 heavy (non-hydrogen) atoms. The Morgan fingerprint density at radius 3 is 2.95 bits per heavy atom. The van der Waals surface area contributed by atoms with Gasteiger partial charge in [-0.3, -0.25) is 14.7 Å². The van der Waals surface area contributed by atoms with Crippen LogP contribution >= 0.6 is 0 Å². The van der Waals surface area contributed by atoms with Crippen molar-refractivity contribution < 1.29 is 9.59 Å². The predicted octanol–water partition coefficient (Wildman–Crippen LogP) is 0.554. The zero-order chi connectivity index (χ0) is 15.2. The molecule has 1 aromatic rings. The van der Waals surface area contributed by atoms with E-state index in [0.29, 0.717) is 5.92 Å². The number of imide groups is 1. The van der Waals surface area contributed by atoms with Gasteiger partial charge >= 0.3 is 6.03 Å². The van der Waals surface area contributed by atoms with Crippen LogP contribution in [0.5, 0.6) is 0 Å². The normalized spacial score (nSPS) is 21.3. The van der Waals surface area contributed by atoms with Crippen molar-refractivity contribution in [2.75, 3.05) is 0 Å². The molecule has 1 saturated carbocycles. The van der Waals surface area contributed by atoms with Crippen LogP contribution in [0.25, 0.3) is 0 Å². The van der Waals surface area contributed by atoms with Crippen LogP contribution < -0.4 is 10.6 Å². The molecule has 0 spiro atoms. The van der Waals surface area contributed by atoms with Crippen LogP contribution in [-0.2, 0) is 11.3 Å². The Bertz CT molecular complexity index is 561. The first-order valence-corrected chi connectivity index (χ1v) is 6.98. The molecule has 2 unspecified atom stereocenters. The number of nitrogens with one attached hydrogen (secondary N) is 2. The fourth-order valence-corrected chi connectivity index (χ4v) is 2.51. The third-order valence-electron chi connectivity index (χ3n) is 3.71. The summed E-state index contributed by atoms with van der Waals surface area (Å²) in [7, 11) is 0. The lowest BCUT2D eigenvalue weighted by Gasteiger charge is -2.29. The smallest absolute Gasteiger partial charge is 0.321 e. The monoisotopic (exact) mass is 290 g/mol. The number of hydrogen-bond donors (Lipinski definition) is 2. The number of hydrogen-bond acceptors (Lipinski definition) is 5. The van der Waals surface area contributed by atoms with Gasteiger partial charge in [0.15, 0.2) is 0 Å². The molecule has 2 rings (SSSR count). The molecule has 1 aliphatic carbocycles. The highest BCUT2D eigenvalue weighted by atomic mass is 16.2. The van der Waals surface area contributed by atoms with E-state index < -0.39 is 11.9 Å². The molecule has 0 bridgehead atoms.